The van der Waals surface area contributed by atoms with E-state index < -0.39 is 0 Å². The first-order valence-corrected chi connectivity index (χ1v) is 10.3. The number of carbonyl (C=O) groups excluding carboxylic acids is 1. The summed E-state index contributed by atoms with van der Waals surface area (Å²) in [4.78, 5) is 24.6. The van der Waals surface area contributed by atoms with E-state index >= 15 is 0 Å². The molecule has 130 valence electrons. The summed E-state index contributed by atoms with van der Waals surface area (Å²) in [6, 6.07) is 20.1. The van der Waals surface area contributed by atoms with Gasteiger partial charge in [-0.3, -0.25) is 4.79 Å². The minimum atomic E-state index is 0.0286. The topological polar surface area (TPSA) is 46.1 Å². The average Bonchev–Trinajstić information content (AvgIpc) is 2.72. The molecule has 1 aromatic heterocycles. The highest BCUT2D eigenvalue weighted by Crippen LogP contribution is 2.43. The molecule has 1 aliphatic rings. The van der Waals surface area contributed by atoms with Gasteiger partial charge in [0.1, 0.15) is 0 Å². The molecule has 26 heavy (non-hydrogen) atoms. The zero-order valence-electron chi connectivity index (χ0n) is 14.0. The number of nitrogens with zero attached hydrogens (tertiary/aromatic N) is 3. The van der Waals surface area contributed by atoms with Crippen LogP contribution >= 0.6 is 23.5 Å². The van der Waals surface area contributed by atoms with E-state index in [0.717, 1.165) is 21.9 Å². The summed E-state index contributed by atoms with van der Waals surface area (Å²) in [5, 5.41) is 0.622. The summed E-state index contributed by atoms with van der Waals surface area (Å²) in [5.41, 5.74) is 2.14. The van der Waals surface area contributed by atoms with Gasteiger partial charge in [0.2, 0.25) is 5.91 Å². The van der Waals surface area contributed by atoms with Gasteiger partial charge in [0.25, 0.3) is 0 Å². The maximum Gasteiger partial charge on any atom is 0.238 e. The number of thioether (sulfide) groups is 2. The second kappa shape index (κ2) is 7.93. The first-order valence-electron chi connectivity index (χ1n) is 8.31. The monoisotopic (exact) mass is 379 g/mol. The van der Waals surface area contributed by atoms with Crippen LogP contribution in [0, 0.1) is 0 Å². The molecular formula is C20H17N3OS2. The Kier molecular flexibility index (Phi) is 5.22. The standard InChI is InChI=1S/C20H17N3OS2/c24-19(14-26-20-21-11-6-12-22-20)23-16-9-4-5-10-18(16)25-13-17(23)15-7-2-1-3-8-15/h1-12,17H,13-14H2/t17-/m0/s1. The Morgan fingerprint density at radius 3 is 2.58 bits per heavy atom. The van der Waals surface area contributed by atoms with Gasteiger partial charge in [-0.25, -0.2) is 9.97 Å². The number of benzene rings is 2. The lowest BCUT2D eigenvalue weighted by Crippen LogP contribution is -2.39. The Morgan fingerprint density at radius 2 is 1.77 bits per heavy atom. The maximum absolute atomic E-state index is 13.2. The molecule has 1 aliphatic heterocycles. The predicted octanol–water partition coefficient (Wildman–Crippen LogP) is 4.45. The van der Waals surface area contributed by atoms with Gasteiger partial charge >= 0.3 is 0 Å². The fourth-order valence-corrected chi connectivity index (χ4v) is 4.80. The third-order valence-corrected chi connectivity index (χ3v) is 6.15. The number of hydrogen-bond acceptors (Lipinski definition) is 5. The molecule has 0 spiro atoms. The van der Waals surface area contributed by atoms with Crippen LogP contribution in [0.15, 0.2) is 83.1 Å². The fraction of sp³-hybridized carbons (Fsp3) is 0.150. The van der Waals surface area contributed by atoms with E-state index in [4.69, 9.17) is 0 Å². The van der Waals surface area contributed by atoms with Gasteiger partial charge in [-0.1, -0.05) is 54.2 Å². The highest BCUT2D eigenvalue weighted by Gasteiger charge is 2.32. The number of anilines is 1. The van der Waals surface area contributed by atoms with Gasteiger partial charge < -0.3 is 4.90 Å². The molecule has 1 amide bonds. The molecule has 0 fully saturated rings. The van der Waals surface area contributed by atoms with Crippen molar-refractivity contribution in [3.63, 3.8) is 0 Å². The molecule has 0 N–H and O–H groups in total. The van der Waals surface area contributed by atoms with Gasteiger partial charge in [0, 0.05) is 23.0 Å². The minimum absolute atomic E-state index is 0.0286. The Bertz CT molecular complexity index is 890. The number of para-hydroxylation sites is 1. The summed E-state index contributed by atoms with van der Waals surface area (Å²) in [7, 11) is 0. The third kappa shape index (κ3) is 3.61. The van der Waals surface area contributed by atoms with Crippen LogP contribution in [0.2, 0.25) is 0 Å². The van der Waals surface area contributed by atoms with E-state index in [2.05, 4.69) is 28.2 Å². The van der Waals surface area contributed by atoms with Crippen molar-refractivity contribution in [2.45, 2.75) is 16.1 Å². The minimum Gasteiger partial charge on any atom is -0.302 e. The van der Waals surface area contributed by atoms with Crippen molar-refractivity contribution in [3.05, 3.63) is 78.6 Å². The fourth-order valence-electron chi connectivity index (χ4n) is 2.97. The zero-order chi connectivity index (χ0) is 17.8. The zero-order valence-corrected chi connectivity index (χ0v) is 15.6. The van der Waals surface area contributed by atoms with Crippen LogP contribution in [0.5, 0.6) is 0 Å². The van der Waals surface area contributed by atoms with Crippen molar-refractivity contribution in [1.82, 2.24) is 9.97 Å². The normalized spacial score (nSPS) is 16.2. The predicted molar refractivity (Wildman–Crippen MR) is 107 cm³/mol. The number of amides is 1. The lowest BCUT2D eigenvalue weighted by molar-refractivity contribution is -0.116. The van der Waals surface area contributed by atoms with Crippen molar-refractivity contribution >= 4 is 35.1 Å². The lowest BCUT2D eigenvalue weighted by Gasteiger charge is -2.37. The molecule has 4 nitrogen and oxygen atoms in total. The molecule has 0 radical (unpaired) electrons. The van der Waals surface area contributed by atoms with Crippen LogP contribution in [0.25, 0.3) is 0 Å². The number of hydrogen-bond donors (Lipinski definition) is 0. The molecule has 2 aromatic carbocycles. The van der Waals surface area contributed by atoms with E-state index in [-0.39, 0.29) is 11.9 Å². The molecule has 4 rings (SSSR count). The summed E-state index contributed by atoms with van der Waals surface area (Å²) in [5.74, 6) is 1.23. The Hall–Kier alpha value is -2.31. The van der Waals surface area contributed by atoms with Crippen molar-refractivity contribution in [2.75, 3.05) is 16.4 Å². The van der Waals surface area contributed by atoms with Crippen LogP contribution in [-0.2, 0) is 4.79 Å². The van der Waals surface area contributed by atoms with Gasteiger partial charge in [-0.15, -0.1) is 11.8 Å². The SMILES string of the molecule is O=C(CSc1ncccn1)N1c2ccccc2SC[C@H]1c1ccccc1. The average molecular weight is 380 g/mol. The summed E-state index contributed by atoms with van der Waals surface area (Å²) >= 11 is 3.18. The summed E-state index contributed by atoms with van der Waals surface area (Å²) in [6.07, 6.45) is 3.39. The van der Waals surface area contributed by atoms with Crippen LogP contribution in [0.3, 0.4) is 0 Å². The first kappa shape index (κ1) is 17.1. The summed E-state index contributed by atoms with van der Waals surface area (Å²) < 4.78 is 0. The molecule has 0 unspecified atom stereocenters. The highest BCUT2D eigenvalue weighted by atomic mass is 32.2. The Morgan fingerprint density at radius 1 is 1.04 bits per heavy atom. The summed E-state index contributed by atoms with van der Waals surface area (Å²) in [6.45, 7) is 0. The van der Waals surface area contributed by atoms with E-state index in [1.54, 1.807) is 30.2 Å². The Balaban J connectivity index is 1.63. The van der Waals surface area contributed by atoms with Gasteiger partial charge in [0.15, 0.2) is 5.16 Å². The second-order valence-electron chi connectivity index (χ2n) is 5.79. The number of fused-ring (bicyclic) bond motifs is 1. The van der Waals surface area contributed by atoms with Gasteiger partial charge in [-0.2, -0.15) is 0 Å². The van der Waals surface area contributed by atoms with Gasteiger partial charge in [0.05, 0.1) is 17.5 Å². The molecule has 3 aromatic rings. The molecule has 2 heterocycles. The quantitative estimate of drug-likeness (QED) is 0.495. The van der Waals surface area contributed by atoms with Crippen molar-refractivity contribution in [2.24, 2.45) is 0 Å². The third-order valence-electron chi connectivity index (χ3n) is 4.15. The van der Waals surface area contributed by atoms with Crippen molar-refractivity contribution in [3.8, 4) is 0 Å². The van der Waals surface area contributed by atoms with Crippen molar-refractivity contribution in [1.29, 1.82) is 0 Å². The van der Waals surface area contributed by atoms with E-state index in [9.17, 15) is 4.79 Å². The highest BCUT2D eigenvalue weighted by molar-refractivity contribution is 8.00. The van der Waals surface area contributed by atoms with E-state index in [0.29, 0.717) is 10.9 Å². The molecule has 1 atom stereocenters. The molecular weight excluding hydrogens is 362 g/mol. The number of aromatic nitrogens is 2. The second-order valence-corrected chi connectivity index (χ2v) is 7.79. The van der Waals surface area contributed by atoms with Crippen LogP contribution in [-0.4, -0.2) is 27.4 Å². The molecule has 0 saturated heterocycles. The van der Waals surface area contributed by atoms with Crippen LogP contribution < -0.4 is 4.90 Å². The largest absolute Gasteiger partial charge is 0.302 e. The van der Waals surface area contributed by atoms with Gasteiger partial charge in [-0.05, 0) is 23.8 Å². The smallest absolute Gasteiger partial charge is 0.238 e. The maximum atomic E-state index is 13.2. The lowest BCUT2D eigenvalue weighted by atomic mass is 10.1. The van der Waals surface area contributed by atoms with E-state index in [1.807, 2.05) is 41.3 Å². The molecule has 0 aliphatic carbocycles. The number of carbonyl (C=O) groups is 1. The molecule has 0 bridgehead atoms. The van der Waals surface area contributed by atoms with Crippen molar-refractivity contribution < 1.29 is 4.79 Å². The van der Waals surface area contributed by atoms with Crippen LogP contribution in [0.1, 0.15) is 11.6 Å². The number of rotatable bonds is 4. The Labute approximate surface area is 161 Å². The first-order chi connectivity index (χ1) is 12.8. The molecule has 0 saturated carbocycles. The van der Waals surface area contributed by atoms with Crippen LogP contribution in [0.4, 0.5) is 5.69 Å². The molecule has 6 heteroatoms. The van der Waals surface area contributed by atoms with E-state index in [1.165, 1.54) is 11.8 Å².